The maximum atomic E-state index is 14.5. The molecule has 0 aliphatic carbocycles. The van der Waals surface area contributed by atoms with Crippen molar-refractivity contribution in [3.05, 3.63) is 52.7 Å². The number of rotatable bonds is 5. The topological polar surface area (TPSA) is 125 Å². The van der Waals surface area contributed by atoms with Crippen LogP contribution in [0.3, 0.4) is 0 Å². The standard InChI is InChI=1S/C19H19F2N7O2/c1-19(2,3)13(5-14-26-18(29)30-28-14)25-17-12(21)8-24-16(27-17)11-7-23-15-10(11)4-9(20)6-22-15/h4,6-8,13H,5H2,1-3H3,(H,22,23)(H,24,25,27)(H,26,28,29). The summed E-state index contributed by atoms with van der Waals surface area (Å²) >= 11 is 0. The second kappa shape index (κ2) is 7.32. The molecular formula is C19H19F2N7O2. The summed E-state index contributed by atoms with van der Waals surface area (Å²) in [4.78, 5) is 29.0. The maximum Gasteiger partial charge on any atom is 0.438 e. The number of anilines is 1. The van der Waals surface area contributed by atoms with Crippen molar-refractivity contribution in [2.24, 2.45) is 5.41 Å². The van der Waals surface area contributed by atoms with Crippen LogP contribution in [-0.2, 0) is 6.42 Å². The maximum absolute atomic E-state index is 14.5. The minimum atomic E-state index is -0.659. The summed E-state index contributed by atoms with van der Waals surface area (Å²) in [6.07, 6.45) is 4.02. The molecule has 11 heteroatoms. The third-order valence-electron chi connectivity index (χ3n) is 4.72. The van der Waals surface area contributed by atoms with Crippen LogP contribution in [0.4, 0.5) is 14.6 Å². The lowest BCUT2D eigenvalue weighted by Crippen LogP contribution is -2.37. The zero-order valence-corrected chi connectivity index (χ0v) is 16.5. The van der Waals surface area contributed by atoms with Gasteiger partial charge in [-0.15, -0.1) is 0 Å². The highest BCUT2D eigenvalue weighted by Gasteiger charge is 2.28. The van der Waals surface area contributed by atoms with Crippen LogP contribution in [0.5, 0.6) is 0 Å². The fourth-order valence-corrected chi connectivity index (χ4v) is 3.04. The lowest BCUT2D eigenvalue weighted by molar-refractivity contribution is 0.326. The Hall–Kier alpha value is -3.63. The van der Waals surface area contributed by atoms with Gasteiger partial charge in [0.25, 0.3) is 0 Å². The quantitative estimate of drug-likeness (QED) is 0.457. The van der Waals surface area contributed by atoms with E-state index in [9.17, 15) is 13.6 Å². The smallest absolute Gasteiger partial charge is 0.364 e. The predicted molar refractivity (Wildman–Crippen MR) is 105 cm³/mol. The molecule has 156 valence electrons. The number of nitrogens with one attached hydrogen (secondary N) is 3. The molecule has 0 saturated heterocycles. The average Bonchev–Trinajstić information content (AvgIpc) is 3.27. The summed E-state index contributed by atoms with van der Waals surface area (Å²) in [5, 5.41) is 7.24. The lowest BCUT2D eigenvalue weighted by Gasteiger charge is -2.31. The molecule has 0 aromatic carbocycles. The van der Waals surface area contributed by atoms with Gasteiger partial charge in [-0.25, -0.2) is 28.5 Å². The van der Waals surface area contributed by atoms with Crippen LogP contribution in [0.15, 0.2) is 34.0 Å². The Morgan fingerprint density at radius 3 is 2.73 bits per heavy atom. The number of pyridine rings is 1. The minimum Gasteiger partial charge on any atom is -0.364 e. The Kier molecular flexibility index (Phi) is 4.80. The van der Waals surface area contributed by atoms with Crippen molar-refractivity contribution in [1.29, 1.82) is 0 Å². The van der Waals surface area contributed by atoms with Crippen molar-refractivity contribution in [2.45, 2.75) is 33.2 Å². The molecule has 0 saturated carbocycles. The summed E-state index contributed by atoms with van der Waals surface area (Å²) in [6, 6.07) is 0.963. The second-order valence-electron chi connectivity index (χ2n) is 7.95. The van der Waals surface area contributed by atoms with Crippen LogP contribution in [0.1, 0.15) is 26.6 Å². The van der Waals surface area contributed by atoms with Gasteiger partial charge in [-0.1, -0.05) is 25.9 Å². The molecule has 0 amide bonds. The molecule has 30 heavy (non-hydrogen) atoms. The molecule has 0 bridgehead atoms. The number of fused-ring (bicyclic) bond motifs is 1. The highest BCUT2D eigenvalue weighted by molar-refractivity contribution is 5.91. The van der Waals surface area contributed by atoms with Crippen molar-refractivity contribution in [3.63, 3.8) is 0 Å². The number of halogens is 2. The Morgan fingerprint density at radius 2 is 2.03 bits per heavy atom. The van der Waals surface area contributed by atoms with Crippen LogP contribution in [0.2, 0.25) is 0 Å². The molecule has 0 aliphatic rings. The summed E-state index contributed by atoms with van der Waals surface area (Å²) < 4.78 is 32.7. The zero-order chi connectivity index (χ0) is 21.5. The molecule has 3 N–H and O–H groups in total. The molecule has 0 spiro atoms. The van der Waals surface area contributed by atoms with E-state index < -0.39 is 17.4 Å². The van der Waals surface area contributed by atoms with Crippen LogP contribution < -0.4 is 11.1 Å². The minimum absolute atomic E-state index is 0.0236. The number of H-pyrrole nitrogens is 2. The van der Waals surface area contributed by atoms with Gasteiger partial charge in [-0.05, 0) is 11.5 Å². The van der Waals surface area contributed by atoms with Crippen LogP contribution in [-0.4, -0.2) is 36.1 Å². The van der Waals surface area contributed by atoms with Gasteiger partial charge in [0.15, 0.2) is 23.3 Å². The Balaban J connectivity index is 1.69. The van der Waals surface area contributed by atoms with Crippen molar-refractivity contribution >= 4 is 16.9 Å². The van der Waals surface area contributed by atoms with E-state index in [-0.39, 0.29) is 29.5 Å². The highest BCUT2D eigenvalue weighted by atomic mass is 19.1. The van der Waals surface area contributed by atoms with E-state index in [2.05, 4.69) is 39.9 Å². The van der Waals surface area contributed by atoms with E-state index in [1.807, 2.05) is 20.8 Å². The number of aromatic nitrogens is 6. The molecule has 0 aliphatic heterocycles. The monoisotopic (exact) mass is 415 g/mol. The van der Waals surface area contributed by atoms with E-state index in [0.717, 1.165) is 12.4 Å². The van der Waals surface area contributed by atoms with Gasteiger partial charge >= 0.3 is 5.76 Å². The first-order valence-corrected chi connectivity index (χ1v) is 9.17. The van der Waals surface area contributed by atoms with Gasteiger partial charge in [0.05, 0.1) is 12.4 Å². The number of aromatic amines is 2. The van der Waals surface area contributed by atoms with Gasteiger partial charge < -0.3 is 10.3 Å². The second-order valence-corrected chi connectivity index (χ2v) is 7.95. The average molecular weight is 415 g/mol. The van der Waals surface area contributed by atoms with Gasteiger partial charge in [0.2, 0.25) is 0 Å². The van der Waals surface area contributed by atoms with Crippen molar-refractivity contribution in [1.82, 2.24) is 30.1 Å². The molecular weight excluding hydrogens is 396 g/mol. The third-order valence-corrected chi connectivity index (χ3v) is 4.72. The molecule has 1 atom stereocenters. The van der Waals surface area contributed by atoms with Crippen molar-refractivity contribution in [3.8, 4) is 11.4 Å². The summed E-state index contributed by atoms with van der Waals surface area (Å²) in [6.45, 7) is 5.87. The first-order valence-electron chi connectivity index (χ1n) is 9.17. The van der Waals surface area contributed by atoms with Crippen LogP contribution in [0.25, 0.3) is 22.4 Å². The van der Waals surface area contributed by atoms with E-state index in [1.165, 1.54) is 6.07 Å². The summed E-state index contributed by atoms with van der Waals surface area (Å²) in [5.74, 6) is -1.29. The molecule has 0 radical (unpaired) electrons. The molecule has 0 fully saturated rings. The van der Waals surface area contributed by atoms with E-state index in [4.69, 9.17) is 0 Å². The number of hydrogen-bond donors (Lipinski definition) is 3. The third kappa shape index (κ3) is 3.91. The normalized spacial score (nSPS) is 13.0. The molecule has 4 heterocycles. The summed E-state index contributed by atoms with van der Waals surface area (Å²) in [7, 11) is 0. The number of hydrogen-bond acceptors (Lipinski definition) is 7. The van der Waals surface area contributed by atoms with Crippen molar-refractivity contribution < 1.29 is 13.3 Å². The highest BCUT2D eigenvalue weighted by Crippen LogP contribution is 2.29. The zero-order valence-electron chi connectivity index (χ0n) is 16.5. The molecule has 4 aromatic rings. The number of nitrogens with zero attached hydrogens (tertiary/aromatic N) is 4. The largest absolute Gasteiger partial charge is 0.438 e. The Labute approximate surface area is 169 Å². The van der Waals surface area contributed by atoms with Crippen LogP contribution >= 0.6 is 0 Å². The fraction of sp³-hybridized carbons (Fsp3) is 0.316. The molecule has 4 aromatic heterocycles. The lowest BCUT2D eigenvalue weighted by atomic mass is 9.84. The van der Waals surface area contributed by atoms with Gasteiger partial charge in [-0.2, -0.15) is 0 Å². The van der Waals surface area contributed by atoms with Gasteiger partial charge in [0, 0.05) is 29.6 Å². The predicted octanol–water partition coefficient (Wildman–Crippen LogP) is 3.04. The van der Waals surface area contributed by atoms with Crippen LogP contribution in [0, 0.1) is 17.0 Å². The van der Waals surface area contributed by atoms with Crippen molar-refractivity contribution in [2.75, 3.05) is 5.32 Å². The Bertz CT molecular complexity index is 1260. The first-order chi connectivity index (χ1) is 14.2. The Morgan fingerprint density at radius 1 is 1.23 bits per heavy atom. The van der Waals surface area contributed by atoms with Gasteiger partial charge in [0.1, 0.15) is 11.5 Å². The fourth-order valence-electron chi connectivity index (χ4n) is 3.04. The molecule has 1 unspecified atom stereocenters. The molecule has 9 nitrogen and oxygen atoms in total. The summed E-state index contributed by atoms with van der Waals surface area (Å²) in [5.41, 5.74) is 0.617. The SMILES string of the molecule is CC(C)(C)C(Cc1noc(=O)[nH]1)Nc1nc(-c2c[nH]c3ncc(F)cc23)ncc1F. The van der Waals surface area contributed by atoms with Gasteiger partial charge in [-0.3, -0.25) is 9.51 Å². The van der Waals surface area contributed by atoms with E-state index in [0.29, 0.717) is 22.4 Å². The molecule has 4 rings (SSSR count). The van der Waals surface area contributed by atoms with E-state index in [1.54, 1.807) is 6.20 Å². The van der Waals surface area contributed by atoms with E-state index >= 15 is 0 Å². The first kappa shape index (κ1) is 19.7.